The summed E-state index contributed by atoms with van der Waals surface area (Å²) in [5.74, 6) is 0.733. The molecule has 1 aliphatic carbocycles. The van der Waals surface area contributed by atoms with Gasteiger partial charge in [-0.05, 0) is 30.9 Å². The Bertz CT molecular complexity index is 575. The van der Waals surface area contributed by atoms with Crippen LogP contribution in [0.3, 0.4) is 0 Å². The van der Waals surface area contributed by atoms with Crippen molar-refractivity contribution in [3.63, 3.8) is 0 Å². The summed E-state index contributed by atoms with van der Waals surface area (Å²) in [6.07, 6.45) is 5.28. The van der Waals surface area contributed by atoms with E-state index in [1.54, 1.807) is 12.1 Å². The van der Waals surface area contributed by atoms with Crippen molar-refractivity contribution in [1.29, 1.82) is 0 Å². The molecule has 0 heterocycles. The van der Waals surface area contributed by atoms with Gasteiger partial charge in [0.25, 0.3) is 0 Å². The number of Topliss-reactive ketones (excluding diaryl/α,β-unsaturated/α-hetero) is 1. The van der Waals surface area contributed by atoms with E-state index in [1.807, 2.05) is 0 Å². The van der Waals surface area contributed by atoms with Gasteiger partial charge < -0.3 is 0 Å². The third-order valence-electron chi connectivity index (χ3n) is 3.85. The molecule has 2 rings (SSSR count). The molecule has 0 spiro atoms. The topological polar surface area (TPSA) is 51.2 Å². The van der Waals surface area contributed by atoms with Crippen LogP contribution >= 0.6 is 0 Å². The van der Waals surface area contributed by atoms with Crippen LogP contribution in [-0.2, 0) is 9.84 Å². The fourth-order valence-electron chi connectivity index (χ4n) is 2.79. The standard InChI is InChI=1S/C15H20O3S/c1-11-5-3-6-12(9-11)15(16)13-7-4-8-14(10-13)19(2,17)18/h4,7-8,10-12H,3,5-6,9H2,1-2H3. The lowest BCUT2D eigenvalue weighted by atomic mass is 9.79. The molecule has 1 fully saturated rings. The maximum Gasteiger partial charge on any atom is 0.175 e. The molecular weight excluding hydrogens is 260 g/mol. The molecule has 0 radical (unpaired) electrons. The molecule has 104 valence electrons. The number of carbonyl (C=O) groups excluding carboxylic acids is 1. The van der Waals surface area contributed by atoms with Crippen LogP contribution in [0.5, 0.6) is 0 Å². The summed E-state index contributed by atoms with van der Waals surface area (Å²) in [5.41, 5.74) is 0.530. The largest absolute Gasteiger partial charge is 0.294 e. The van der Waals surface area contributed by atoms with Crippen LogP contribution in [0.1, 0.15) is 43.0 Å². The van der Waals surface area contributed by atoms with Crippen molar-refractivity contribution in [1.82, 2.24) is 0 Å². The summed E-state index contributed by atoms with van der Waals surface area (Å²) < 4.78 is 23.0. The minimum absolute atomic E-state index is 0.0542. The number of hydrogen-bond acceptors (Lipinski definition) is 3. The van der Waals surface area contributed by atoms with Crippen LogP contribution in [0.15, 0.2) is 29.2 Å². The summed E-state index contributed by atoms with van der Waals surface area (Å²) in [6, 6.07) is 6.42. The monoisotopic (exact) mass is 280 g/mol. The normalized spacial score (nSPS) is 24.1. The predicted octanol–water partition coefficient (Wildman–Crippen LogP) is 3.10. The molecule has 1 saturated carbocycles. The number of ketones is 1. The zero-order chi connectivity index (χ0) is 14.0. The van der Waals surface area contributed by atoms with Crippen LogP contribution in [-0.4, -0.2) is 20.5 Å². The van der Waals surface area contributed by atoms with E-state index in [0.717, 1.165) is 19.3 Å². The Hall–Kier alpha value is -1.16. The molecule has 0 amide bonds. The quantitative estimate of drug-likeness (QED) is 0.799. The first-order chi connectivity index (χ1) is 8.88. The van der Waals surface area contributed by atoms with Crippen LogP contribution in [0.2, 0.25) is 0 Å². The highest BCUT2D eigenvalue weighted by molar-refractivity contribution is 7.90. The van der Waals surface area contributed by atoms with Gasteiger partial charge in [0.2, 0.25) is 0 Å². The zero-order valence-corrected chi connectivity index (χ0v) is 12.2. The lowest BCUT2D eigenvalue weighted by Crippen LogP contribution is -2.22. The van der Waals surface area contributed by atoms with Crippen LogP contribution in [0.4, 0.5) is 0 Å². The highest BCUT2D eigenvalue weighted by atomic mass is 32.2. The van der Waals surface area contributed by atoms with Crippen LogP contribution in [0, 0.1) is 11.8 Å². The van der Waals surface area contributed by atoms with Gasteiger partial charge in [-0.3, -0.25) is 4.79 Å². The van der Waals surface area contributed by atoms with Gasteiger partial charge >= 0.3 is 0 Å². The lowest BCUT2D eigenvalue weighted by Gasteiger charge is -2.25. The van der Waals surface area contributed by atoms with E-state index in [1.165, 1.54) is 24.8 Å². The maximum atomic E-state index is 12.4. The van der Waals surface area contributed by atoms with Gasteiger partial charge in [0.1, 0.15) is 0 Å². The van der Waals surface area contributed by atoms with Crippen molar-refractivity contribution in [3.8, 4) is 0 Å². The van der Waals surface area contributed by atoms with Gasteiger partial charge in [-0.2, -0.15) is 0 Å². The van der Waals surface area contributed by atoms with Gasteiger partial charge in [-0.25, -0.2) is 8.42 Å². The molecule has 2 atom stereocenters. The first-order valence-corrected chi connectivity index (χ1v) is 8.61. The average Bonchev–Trinajstić information content (AvgIpc) is 2.37. The third-order valence-corrected chi connectivity index (χ3v) is 4.96. The van der Waals surface area contributed by atoms with Gasteiger partial charge in [0, 0.05) is 17.7 Å². The molecule has 4 heteroatoms. The van der Waals surface area contributed by atoms with Crippen molar-refractivity contribution < 1.29 is 13.2 Å². The van der Waals surface area contributed by atoms with Crippen molar-refractivity contribution >= 4 is 15.6 Å². The first-order valence-electron chi connectivity index (χ1n) is 6.72. The Morgan fingerprint density at radius 1 is 1.26 bits per heavy atom. The number of sulfone groups is 1. The molecule has 0 bridgehead atoms. The van der Waals surface area contributed by atoms with Crippen molar-refractivity contribution in [2.24, 2.45) is 11.8 Å². The summed E-state index contributed by atoms with van der Waals surface area (Å²) in [5, 5.41) is 0. The summed E-state index contributed by atoms with van der Waals surface area (Å²) in [7, 11) is -3.25. The molecule has 1 aromatic carbocycles. The predicted molar refractivity (Wildman–Crippen MR) is 75.0 cm³/mol. The zero-order valence-electron chi connectivity index (χ0n) is 11.4. The van der Waals surface area contributed by atoms with Crippen LogP contribution in [0.25, 0.3) is 0 Å². The van der Waals surface area contributed by atoms with Crippen molar-refractivity contribution in [2.75, 3.05) is 6.26 Å². The van der Waals surface area contributed by atoms with Crippen molar-refractivity contribution in [3.05, 3.63) is 29.8 Å². The highest BCUT2D eigenvalue weighted by Crippen LogP contribution is 2.31. The molecule has 0 aromatic heterocycles. The Labute approximate surface area is 114 Å². The SMILES string of the molecule is CC1CCCC(C(=O)c2cccc(S(C)(=O)=O)c2)C1. The Morgan fingerprint density at radius 2 is 2.00 bits per heavy atom. The Balaban J connectivity index is 2.24. The lowest BCUT2D eigenvalue weighted by molar-refractivity contribution is 0.0868. The Morgan fingerprint density at radius 3 is 2.63 bits per heavy atom. The average molecular weight is 280 g/mol. The minimum Gasteiger partial charge on any atom is -0.294 e. The van der Waals surface area contributed by atoms with E-state index in [-0.39, 0.29) is 16.6 Å². The molecule has 3 nitrogen and oxygen atoms in total. The van der Waals surface area contributed by atoms with E-state index < -0.39 is 9.84 Å². The van der Waals surface area contributed by atoms with E-state index in [4.69, 9.17) is 0 Å². The molecular formula is C15H20O3S. The first kappa shape index (κ1) is 14.3. The van der Waals surface area contributed by atoms with E-state index in [0.29, 0.717) is 11.5 Å². The fraction of sp³-hybridized carbons (Fsp3) is 0.533. The second-order valence-corrected chi connectivity index (χ2v) is 7.65. The number of hydrogen-bond donors (Lipinski definition) is 0. The molecule has 19 heavy (non-hydrogen) atoms. The fourth-order valence-corrected chi connectivity index (χ4v) is 3.45. The summed E-state index contributed by atoms with van der Waals surface area (Å²) in [4.78, 5) is 12.7. The third kappa shape index (κ3) is 3.44. The highest BCUT2D eigenvalue weighted by Gasteiger charge is 2.26. The summed E-state index contributed by atoms with van der Waals surface area (Å²) >= 11 is 0. The van der Waals surface area contributed by atoms with Gasteiger partial charge in [-0.1, -0.05) is 31.9 Å². The van der Waals surface area contributed by atoms with Crippen LogP contribution < -0.4 is 0 Å². The molecule has 0 saturated heterocycles. The number of benzene rings is 1. The molecule has 1 aliphatic rings. The minimum atomic E-state index is -3.25. The van der Waals surface area contributed by atoms with Gasteiger partial charge in [-0.15, -0.1) is 0 Å². The number of carbonyl (C=O) groups is 1. The smallest absolute Gasteiger partial charge is 0.175 e. The molecule has 2 unspecified atom stereocenters. The van der Waals surface area contributed by atoms with E-state index in [2.05, 4.69) is 6.92 Å². The second kappa shape index (κ2) is 5.45. The van der Waals surface area contributed by atoms with Gasteiger partial charge in [0.15, 0.2) is 15.6 Å². The van der Waals surface area contributed by atoms with E-state index in [9.17, 15) is 13.2 Å². The van der Waals surface area contributed by atoms with Crippen molar-refractivity contribution in [2.45, 2.75) is 37.5 Å². The molecule has 1 aromatic rings. The number of rotatable bonds is 3. The van der Waals surface area contributed by atoms with E-state index >= 15 is 0 Å². The van der Waals surface area contributed by atoms with Gasteiger partial charge in [0.05, 0.1) is 4.90 Å². The molecule has 0 aliphatic heterocycles. The maximum absolute atomic E-state index is 12.4. The molecule has 0 N–H and O–H groups in total. The summed E-state index contributed by atoms with van der Waals surface area (Å²) in [6.45, 7) is 2.17. The Kier molecular flexibility index (Phi) is 4.09. The second-order valence-electron chi connectivity index (χ2n) is 5.63.